The SMILES string of the molecule is Cc1sc(N2CC(CN)CC2=O)c(C(=O)O)c1C. The van der Waals surface area contributed by atoms with Gasteiger partial charge >= 0.3 is 5.97 Å². The number of carbonyl (C=O) groups is 2. The maximum atomic E-state index is 11.9. The molecule has 1 amide bonds. The fourth-order valence-corrected chi connectivity index (χ4v) is 3.36. The van der Waals surface area contributed by atoms with Crippen molar-refractivity contribution >= 4 is 28.2 Å². The van der Waals surface area contributed by atoms with E-state index in [0.717, 1.165) is 10.4 Å². The molecule has 6 heteroatoms. The number of rotatable bonds is 3. The normalized spacial score (nSPS) is 19.6. The van der Waals surface area contributed by atoms with Crippen LogP contribution in [0.15, 0.2) is 0 Å². The zero-order chi connectivity index (χ0) is 13.4. The molecule has 1 aromatic rings. The molecule has 0 bridgehead atoms. The standard InChI is InChI=1S/C12H16N2O3S/c1-6-7(2)18-11(10(6)12(16)17)14-5-8(4-13)3-9(14)15/h8H,3-5,13H2,1-2H3,(H,16,17). The molecule has 0 saturated carbocycles. The maximum Gasteiger partial charge on any atom is 0.339 e. The number of aromatic carboxylic acids is 1. The summed E-state index contributed by atoms with van der Waals surface area (Å²) in [7, 11) is 0. The van der Waals surface area contributed by atoms with Gasteiger partial charge in [-0.05, 0) is 31.9 Å². The van der Waals surface area contributed by atoms with Crippen molar-refractivity contribution in [1.82, 2.24) is 0 Å². The van der Waals surface area contributed by atoms with Gasteiger partial charge in [0.2, 0.25) is 5.91 Å². The first kappa shape index (κ1) is 13.0. The maximum absolute atomic E-state index is 11.9. The predicted octanol–water partition coefficient (Wildman–Crippen LogP) is 1.37. The molecule has 0 spiro atoms. The molecule has 1 unspecified atom stereocenters. The number of carbonyl (C=O) groups excluding carboxylic acids is 1. The second-order valence-corrected chi connectivity index (χ2v) is 5.78. The van der Waals surface area contributed by atoms with E-state index >= 15 is 0 Å². The van der Waals surface area contributed by atoms with Crippen LogP contribution in [0.1, 0.15) is 27.2 Å². The largest absolute Gasteiger partial charge is 0.478 e. The number of carboxylic acids is 1. The fraction of sp³-hybridized carbons (Fsp3) is 0.500. The number of hydrogen-bond donors (Lipinski definition) is 2. The van der Waals surface area contributed by atoms with Gasteiger partial charge in [-0.1, -0.05) is 0 Å². The third-order valence-electron chi connectivity index (χ3n) is 3.36. The Balaban J connectivity index is 2.43. The summed E-state index contributed by atoms with van der Waals surface area (Å²) in [4.78, 5) is 25.7. The highest BCUT2D eigenvalue weighted by atomic mass is 32.1. The van der Waals surface area contributed by atoms with E-state index in [9.17, 15) is 14.7 Å². The van der Waals surface area contributed by atoms with Crippen LogP contribution in [-0.4, -0.2) is 30.1 Å². The third kappa shape index (κ3) is 2.02. The molecule has 2 rings (SSSR count). The fourth-order valence-electron chi connectivity index (χ4n) is 2.19. The molecule has 1 aliphatic heterocycles. The minimum atomic E-state index is -0.976. The predicted molar refractivity (Wildman–Crippen MR) is 70.3 cm³/mol. The Labute approximate surface area is 109 Å². The van der Waals surface area contributed by atoms with Crippen LogP contribution in [0.25, 0.3) is 0 Å². The molecule has 1 atom stereocenters. The van der Waals surface area contributed by atoms with Crippen molar-refractivity contribution < 1.29 is 14.7 Å². The number of aryl methyl sites for hydroxylation is 1. The summed E-state index contributed by atoms with van der Waals surface area (Å²) in [6.45, 7) is 4.62. The monoisotopic (exact) mass is 268 g/mol. The molecule has 0 aromatic carbocycles. The first-order valence-electron chi connectivity index (χ1n) is 5.79. The average molecular weight is 268 g/mol. The van der Waals surface area contributed by atoms with Crippen molar-refractivity contribution in [3.05, 3.63) is 16.0 Å². The molecule has 0 radical (unpaired) electrons. The van der Waals surface area contributed by atoms with Gasteiger partial charge in [-0.15, -0.1) is 11.3 Å². The number of anilines is 1. The van der Waals surface area contributed by atoms with Crippen molar-refractivity contribution in [2.45, 2.75) is 20.3 Å². The van der Waals surface area contributed by atoms with E-state index in [1.165, 1.54) is 11.3 Å². The van der Waals surface area contributed by atoms with E-state index in [-0.39, 0.29) is 17.4 Å². The van der Waals surface area contributed by atoms with Gasteiger partial charge in [-0.25, -0.2) is 4.79 Å². The van der Waals surface area contributed by atoms with E-state index in [1.54, 1.807) is 11.8 Å². The highest BCUT2D eigenvalue weighted by Gasteiger charge is 2.34. The summed E-state index contributed by atoms with van der Waals surface area (Å²) < 4.78 is 0. The summed E-state index contributed by atoms with van der Waals surface area (Å²) in [6, 6.07) is 0. The van der Waals surface area contributed by atoms with Gasteiger partial charge in [-0.2, -0.15) is 0 Å². The second-order valence-electron chi connectivity index (χ2n) is 4.58. The van der Waals surface area contributed by atoms with Crippen LogP contribution in [0.5, 0.6) is 0 Å². The Bertz CT molecular complexity index is 510. The molecule has 98 valence electrons. The van der Waals surface area contributed by atoms with Gasteiger partial charge in [0.25, 0.3) is 0 Å². The molecule has 18 heavy (non-hydrogen) atoms. The molecule has 1 aromatic heterocycles. The summed E-state index contributed by atoms with van der Waals surface area (Å²) in [6.07, 6.45) is 0.408. The van der Waals surface area contributed by atoms with Crippen molar-refractivity contribution in [3.8, 4) is 0 Å². The lowest BCUT2D eigenvalue weighted by Gasteiger charge is -2.15. The van der Waals surface area contributed by atoms with Crippen molar-refractivity contribution in [1.29, 1.82) is 0 Å². The van der Waals surface area contributed by atoms with Crippen LogP contribution < -0.4 is 10.6 Å². The number of hydrogen-bond acceptors (Lipinski definition) is 4. The zero-order valence-corrected chi connectivity index (χ0v) is 11.2. The molecule has 2 heterocycles. The molecule has 1 fully saturated rings. The van der Waals surface area contributed by atoms with Gasteiger partial charge in [0.05, 0.1) is 5.56 Å². The first-order chi connectivity index (χ1) is 8.45. The van der Waals surface area contributed by atoms with Crippen LogP contribution in [0.4, 0.5) is 5.00 Å². The Morgan fingerprint density at radius 1 is 1.56 bits per heavy atom. The first-order valence-corrected chi connectivity index (χ1v) is 6.61. The Morgan fingerprint density at radius 3 is 2.72 bits per heavy atom. The third-order valence-corrected chi connectivity index (χ3v) is 4.59. The summed E-state index contributed by atoms with van der Waals surface area (Å²) in [5.41, 5.74) is 6.57. The van der Waals surface area contributed by atoms with Gasteiger partial charge in [-0.3, -0.25) is 4.79 Å². The van der Waals surface area contributed by atoms with Crippen LogP contribution >= 0.6 is 11.3 Å². The summed E-state index contributed by atoms with van der Waals surface area (Å²) in [5, 5.41) is 9.83. The van der Waals surface area contributed by atoms with Gasteiger partial charge in [0.1, 0.15) is 5.00 Å². The number of carboxylic acid groups (broad SMARTS) is 1. The van der Waals surface area contributed by atoms with Gasteiger partial charge < -0.3 is 15.7 Å². The molecule has 1 aliphatic rings. The lowest BCUT2D eigenvalue weighted by molar-refractivity contribution is -0.117. The van der Waals surface area contributed by atoms with E-state index in [0.29, 0.717) is 24.5 Å². The van der Waals surface area contributed by atoms with Crippen LogP contribution in [-0.2, 0) is 4.79 Å². The van der Waals surface area contributed by atoms with E-state index in [2.05, 4.69) is 0 Å². The van der Waals surface area contributed by atoms with Gasteiger partial charge in [0.15, 0.2) is 0 Å². The molecule has 0 aliphatic carbocycles. The quantitative estimate of drug-likeness (QED) is 0.867. The minimum absolute atomic E-state index is 0.0331. The number of amides is 1. The van der Waals surface area contributed by atoms with E-state index in [1.807, 2.05) is 6.92 Å². The average Bonchev–Trinajstić information content (AvgIpc) is 2.81. The van der Waals surface area contributed by atoms with Crippen LogP contribution in [0.3, 0.4) is 0 Å². The Morgan fingerprint density at radius 2 is 2.22 bits per heavy atom. The molecule has 1 saturated heterocycles. The number of thiophene rings is 1. The van der Waals surface area contributed by atoms with Crippen molar-refractivity contribution in [2.24, 2.45) is 11.7 Å². The van der Waals surface area contributed by atoms with E-state index in [4.69, 9.17) is 5.73 Å². The number of nitrogens with two attached hydrogens (primary N) is 1. The Hall–Kier alpha value is -1.40. The Kier molecular flexibility index (Phi) is 3.41. The van der Waals surface area contributed by atoms with Gasteiger partial charge in [0, 0.05) is 17.8 Å². The lowest BCUT2D eigenvalue weighted by atomic mass is 10.1. The highest BCUT2D eigenvalue weighted by molar-refractivity contribution is 7.16. The second kappa shape index (κ2) is 4.70. The smallest absolute Gasteiger partial charge is 0.339 e. The van der Waals surface area contributed by atoms with Crippen LogP contribution in [0, 0.1) is 19.8 Å². The lowest BCUT2D eigenvalue weighted by Crippen LogP contribution is -2.26. The highest BCUT2D eigenvalue weighted by Crippen LogP contribution is 2.38. The topological polar surface area (TPSA) is 83.6 Å². The van der Waals surface area contributed by atoms with Crippen molar-refractivity contribution in [3.63, 3.8) is 0 Å². The van der Waals surface area contributed by atoms with Crippen molar-refractivity contribution in [2.75, 3.05) is 18.0 Å². The minimum Gasteiger partial charge on any atom is -0.478 e. The molecule has 3 N–H and O–H groups in total. The summed E-state index contributed by atoms with van der Waals surface area (Å²) >= 11 is 1.37. The number of nitrogens with zero attached hydrogens (tertiary/aromatic N) is 1. The molecular formula is C12H16N2O3S. The molecular weight excluding hydrogens is 252 g/mol. The van der Waals surface area contributed by atoms with E-state index < -0.39 is 5.97 Å². The van der Waals surface area contributed by atoms with Crippen LogP contribution in [0.2, 0.25) is 0 Å². The molecule has 5 nitrogen and oxygen atoms in total. The zero-order valence-electron chi connectivity index (χ0n) is 10.4. The summed E-state index contributed by atoms with van der Waals surface area (Å²) in [5.74, 6) is -0.882.